The molecule has 0 radical (unpaired) electrons. The molecule has 1 saturated heterocycles. The number of nitrogens with zero attached hydrogens (tertiary/aromatic N) is 3. The first kappa shape index (κ1) is 9.41. The van der Waals surface area contributed by atoms with Crippen LogP contribution >= 0.6 is 11.6 Å². The number of halogens is 3. The second-order valence-corrected chi connectivity index (χ2v) is 5.92. The van der Waals surface area contributed by atoms with Gasteiger partial charge in [-0.1, -0.05) is 11.6 Å². The molecular formula is C20H22ClF2N3O. The topological polar surface area (TPSA) is 46.1 Å². The summed E-state index contributed by atoms with van der Waals surface area (Å²) in [5.41, 5.74) is -4.95. The molecule has 7 heteroatoms. The third-order valence-corrected chi connectivity index (χ3v) is 3.70. The third-order valence-electron chi connectivity index (χ3n) is 3.41. The van der Waals surface area contributed by atoms with E-state index in [9.17, 15) is 9.18 Å². The summed E-state index contributed by atoms with van der Waals surface area (Å²) in [5, 5.41) is -0.651. The van der Waals surface area contributed by atoms with E-state index < -0.39 is 83.6 Å². The van der Waals surface area contributed by atoms with Gasteiger partial charge in [-0.2, -0.15) is 0 Å². The normalized spacial score (nSPS) is 31.5. The molecule has 0 bridgehead atoms. The largest absolute Gasteiger partial charge is 0.338 e. The highest BCUT2D eigenvalue weighted by Gasteiger charge is 2.35. The average molecular weight is 406 g/mol. The zero-order valence-electron chi connectivity index (χ0n) is 26.0. The van der Waals surface area contributed by atoms with Crippen LogP contribution in [-0.2, 0) is 6.37 Å². The number of amides is 1. The number of carbonyl (C=O) groups excluding carboxylic acids is 1. The van der Waals surface area contributed by atoms with E-state index in [1.165, 1.54) is 12.4 Å². The van der Waals surface area contributed by atoms with Gasteiger partial charge < -0.3 is 4.90 Å². The van der Waals surface area contributed by atoms with E-state index in [0.717, 1.165) is 6.07 Å². The van der Waals surface area contributed by atoms with Crippen LogP contribution in [-0.4, -0.2) is 39.4 Å². The lowest BCUT2D eigenvalue weighted by Crippen LogP contribution is -2.44. The van der Waals surface area contributed by atoms with E-state index in [4.69, 9.17) is 28.1 Å². The summed E-state index contributed by atoms with van der Waals surface area (Å²) in [7, 11) is 0. The van der Waals surface area contributed by atoms with Crippen LogP contribution < -0.4 is 0 Å². The number of likely N-dealkylation sites (tertiary alicyclic amines) is 1. The molecule has 1 amide bonds. The first-order valence-electron chi connectivity index (χ1n) is 13.7. The number of hydrogen-bond acceptors (Lipinski definition) is 3. The lowest BCUT2D eigenvalue weighted by atomic mass is 9.88. The molecule has 1 aliphatic rings. The maximum atomic E-state index is 16.9. The van der Waals surface area contributed by atoms with Crippen LogP contribution in [0.25, 0.3) is 0 Å². The predicted octanol–water partition coefficient (Wildman–Crippen LogP) is 4.54. The van der Waals surface area contributed by atoms with Gasteiger partial charge in [0.2, 0.25) is 0 Å². The van der Waals surface area contributed by atoms with Gasteiger partial charge in [-0.15, -0.1) is 0 Å². The molecular weight excluding hydrogens is 372 g/mol. The van der Waals surface area contributed by atoms with Crippen molar-refractivity contribution >= 4 is 17.5 Å². The lowest BCUT2D eigenvalue weighted by Gasteiger charge is -2.36. The monoisotopic (exact) mass is 405 g/mol. The number of aromatic nitrogens is 2. The van der Waals surface area contributed by atoms with Gasteiger partial charge in [-0.05, 0) is 56.2 Å². The van der Waals surface area contributed by atoms with Crippen LogP contribution in [0.4, 0.5) is 8.78 Å². The number of aryl methyl sites for hydroxylation is 2. The summed E-state index contributed by atoms with van der Waals surface area (Å²) in [6.07, 6.45) is -14.9. The summed E-state index contributed by atoms with van der Waals surface area (Å²) in [6, 6.07) is 2.07. The zero-order chi connectivity index (χ0) is 30.2. The lowest BCUT2D eigenvalue weighted by molar-refractivity contribution is 0.0389. The second-order valence-electron chi connectivity index (χ2n) is 5.52. The van der Waals surface area contributed by atoms with Gasteiger partial charge in [-0.3, -0.25) is 4.79 Å². The summed E-state index contributed by atoms with van der Waals surface area (Å²) < 4.78 is 130. The molecule has 0 saturated carbocycles. The molecule has 3 rings (SSSR count). The van der Waals surface area contributed by atoms with Gasteiger partial charge in [0.25, 0.3) is 5.91 Å². The molecule has 4 nitrogen and oxygen atoms in total. The number of alkyl halides is 1. The van der Waals surface area contributed by atoms with Gasteiger partial charge in [0.15, 0.2) is 0 Å². The SMILES string of the molecule is [2H]C([2H])(CC([2H])([2H])C1(F)C([2H])([2H])C([2H])([2H])N(C(=O)c2ccc(F)c(Cl)c2)C([2H])([2H])C1([2H])[2H])c1ncc(C)cn1. The maximum Gasteiger partial charge on any atom is 0.253 e. The molecule has 1 aromatic heterocycles. The Morgan fingerprint density at radius 1 is 1.37 bits per heavy atom. The van der Waals surface area contributed by atoms with Crippen molar-refractivity contribution < 1.29 is 30.0 Å². The molecule has 144 valence electrons. The van der Waals surface area contributed by atoms with Crippen molar-refractivity contribution in [3.8, 4) is 0 Å². The molecule has 2 aromatic rings. The van der Waals surface area contributed by atoms with Crippen LogP contribution in [0.15, 0.2) is 30.6 Å². The van der Waals surface area contributed by atoms with E-state index in [1.54, 1.807) is 6.92 Å². The fourth-order valence-electron chi connectivity index (χ4n) is 2.00. The van der Waals surface area contributed by atoms with Gasteiger partial charge in [0.1, 0.15) is 17.3 Å². The first-order chi connectivity index (χ1) is 17.4. The quantitative estimate of drug-likeness (QED) is 0.733. The van der Waals surface area contributed by atoms with Gasteiger partial charge in [0.05, 0.1) is 5.02 Å². The molecule has 0 N–H and O–H groups in total. The Kier molecular flexibility index (Phi) is 2.89. The minimum atomic E-state index is -4.75. The van der Waals surface area contributed by atoms with Crippen LogP contribution in [0.3, 0.4) is 0 Å². The van der Waals surface area contributed by atoms with Gasteiger partial charge in [-0.25, -0.2) is 18.7 Å². The fraction of sp³-hybridized carbons (Fsp3) is 0.450. The number of benzene rings is 1. The third kappa shape index (κ3) is 5.01. The van der Waals surface area contributed by atoms with E-state index in [2.05, 4.69) is 9.97 Å². The van der Waals surface area contributed by atoms with Crippen molar-refractivity contribution in [2.24, 2.45) is 0 Å². The van der Waals surface area contributed by atoms with Crippen LogP contribution in [0.1, 0.15) is 63.7 Å². The Labute approximate surface area is 179 Å². The van der Waals surface area contributed by atoms with Crippen molar-refractivity contribution in [3.63, 3.8) is 0 Å². The number of piperidine rings is 1. The highest BCUT2D eigenvalue weighted by molar-refractivity contribution is 6.31. The number of hydrogen-bond donors (Lipinski definition) is 0. The number of rotatable bonds is 5. The second kappa shape index (κ2) is 8.30. The molecule has 0 unspecified atom stereocenters. The molecule has 0 aliphatic carbocycles. The summed E-state index contributed by atoms with van der Waals surface area (Å²) >= 11 is 5.64. The predicted molar refractivity (Wildman–Crippen MR) is 100 cm³/mol. The van der Waals surface area contributed by atoms with Crippen LogP contribution in [0, 0.1) is 12.7 Å². The number of carbonyl (C=O) groups is 1. The Morgan fingerprint density at radius 2 is 2.04 bits per heavy atom. The van der Waals surface area contributed by atoms with E-state index >= 15 is 4.39 Å². The highest BCUT2D eigenvalue weighted by Crippen LogP contribution is 2.32. The smallest absolute Gasteiger partial charge is 0.253 e. The minimum absolute atomic E-state index is 0.494. The average Bonchev–Trinajstić information content (AvgIpc) is 2.78. The van der Waals surface area contributed by atoms with Gasteiger partial charge in [0, 0.05) is 53.8 Å². The van der Waals surface area contributed by atoms with Crippen molar-refractivity contribution in [1.82, 2.24) is 14.9 Å². The van der Waals surface area contributed by atoms with E-state index in [0.29, 0.717) is 17.7 Å². The van der Waals surface area contributed by atoms with Crippen molar-refractivity contribution in [2.75, 3.05) is 13.0 Å². The molecule has 1 fully saturated rings. The van der Waals surface area contributed by atoms with Crippen LogP contribution in [0.2, 0.25) is 5.02 Å². The van der Waals surface area contributed by atoms with E-state index in [1.807, 2.05) is 0 Å². The van der Waals surface area contributed by atoms with Crippen molar-refractivity contribution in [1.29, 1.82) is 0 Å². The summed E-state index contributed by atoms with van der Waals surface area (Å²) in [5.74, 6) is -3.40. The molecule has 2 heterocycles. The van der Waals surface area contributed by atoms with Crippen molar-refractivity contribution in [2.45, 2.75) is 44.5 Å². The Balaban J connectivity index is 2.20. The van der Waals surface area contributed by atoms with Gasteiger partial charge >= 0.3 is 0 Å². The minimum Gasteiger partial charge on any atom is -0.338 e. The fourth-order valence-corrected chi connectivity index (χ4v) is 2.18. The van der Waals surface area contributed by atoms with Crippen molar-refractivity contribution in [3.05, 3.63) is 58.4 Å². The molecule has 27 heavy (non-hydrogen) atoms. The Bertz CT molecular complexity index is 1270. The van der Waals surface area contributed by atoms with E-state index in [-0.39, 0.29) is 0 Å². The maximum absolute atomic E-state index is 16.9. The highest BCUT2D eigenvalue weighted by atomic mass is 35.5. The summed E-state index contributed by atoms with van der Waals surface area (Å²) in [6.45, 7) is -6.61. The molecule has 1 aromatic carbocycles. The summed E-state index contributed by atoms with van der Waals surface area (Å²) in [4.78, 5) is 20.1. The zero-order valence-corrected chi connectivity index (χ0v) is 14.7. The Hall–Kier alpha value is -2.08. The first-order valence-corrected chi connectivity index (χ1v) is 8.06. The molecule has 0 spiro atoms. The Morgan fingerprint density at radius 3 is 2.67 bits per heavy atom. The molecule has 0 atom stereocenters. The van der Waals surface area contributed by atoms with Crippen LogP contribution in [0.5, 0.6) is 0 Å². The standard InChI is InChI=1S/C20H22ClF2N3O/c1-14-12-24-18(25-13-14)3-2-6-20(23)7-9-26(10-8-20)19(27)15-4-5-17(22)16(21)11-15/h4-5,11-13H,2-3,6-10H2,1H3/i3D2,6D2,7D2,8D2,9D2,10D2. The molecule has 1 aliphatic heterocycles.